The van der Waals surface area contributed by atoms with E-state index >= 15 is 0 Å². The largest absolute Gasteiger partial charge is 0.416 e. The first-order valence-electron chi connectivity index (χ1n) is 8.09. The van der Waals surface area contributed by atoms with Crippen molar-refractivity contribution in [3.63, 3.8) is 0 Å². The molecule has 0 atom stereocenters. The molecule has 0 saturated carbocycles. The zero-order chi connectivity index (χ0) is 18.3. The second-order valence-electron chi connectivity index (χ2n) is 6.07. The zero-order valence-corrected chi connectivity index (χ0v) is 13.6. The summed E-state index contributed by atoms with van der Waals surface area (Å²) in [5, 5.41) is 0. The molecule has 0 spiro atoms. The minimum Gasteiger partial charge on any atom is -0.351 e. The van der Waals surface area contributed by atoms with Gasteiger partial charge in [-0.2, -0.15) is 13.2 Å². The number of pyridine rings is 1. The van der Waals surface area contributed by atoms with Gasteiger partial charge in [-0.15, -0.1) is 0 Å². The first-order valence-corrected chi connectivity index (χ1v) is 8.09. The van der Waals surface area contributed by atoms with Crippen LogP contribution in [0.25, 0.3) is 11.0 Å². The fourth-order valence-electron chi connectivity index (χ4n) is 3.06. The number of rotatable bonds is 2. The van der Waals surface area contributed by atoms with Crippen LogP contribution in [0.2, 0.25) is 0 Å². The maximum atomic E-state index is 13.8. The van der Waals surface area contributed by atoms with Gasteiger partial charge in [0.25, 0.3) is 0 Å². The predicted octanol–water partition coefficient (Wildman–Crippen LogP) is 3.44. The lowest BCUT2D eigenvalue weighted by Gasteiger charge is -2.35. The van der Waals surface area contributed by atoms with E-state index in [-0.39, 0.29) is 5.82 Å². The number of aromatic amines is 1. The fraction of sp³-hybridized carbons (Fsp3) is 0.294. The number of alkyl halides is 3. The van der Waals surface area contributed by atoms with Crippen LogP contribution in [0, 0.1) is 5.82 Å². The predicted molar refractivity (Wildman–Crippen MR) is 89.7 cm³/mol. The van der Waals surface area contributed by atoms with Crippen molar-refractivity contribution >= 4 is 22.8 Å². The number of hydrogen-bond acceptors (Lipinski definition) is 4. The van der Waals surface area contributed by atoms with Crippen LogP contribution in [-0.2, 0) is 6.18 Å². The number of nitrogens with one attached hydrogen (secondary N) is 1. The van der Waals surface area contributed by atoms with Crippen molar-refractivity contribution in [3.05, 3.63) is 47.9 Å². The maximum absolute atomic E-state index is 13.8. The summed E-state index contributed by atoms with van der Waals surface area (Å²) in [5.41, 5.74) is 0.106. The van der Waals surface area contributed by atoms with E-state index in [1.54, 1.807) is 12.3 Å². The molecular weight excluding hydrogens is 350 g/mol. The lowest BCUT2D eigenvalue weighted by Crippen LogP contribution is -2.47. The Morgan fingerprint density at radius 1 is 1.00 bits per heavy atom. The summed E-state index contributed by atoms with van der Waals surface area (Å²) in [5.74, 6) is 0.455. The smallest absolute Gasteiger partial charge is 0.351 e. The molecule has 26 heavy (non-hydrogen) atoms. The lowest BCUT2D eigenvalue weighted by molar-refractivity contribution is -0.137. The van der Waals surface area contributed by atoms with Crippen LogP contribution in [0.3, 0.4) is 0 Å². The van der Waals surface area contributed by atoms with Crippen LogP contribution in [0.4, 0.5) is 29.3 Å². The molecule has 1 aliphatic heterocycles. The molecule has 0 radical (unpaired) electrons. The van der Waals surface area contributed by atoms with Crippen molar-refractivity contribution < 1.29 is 17.6 Å². The molecule has 1 aliphatic rings. The fourth-order valence-corrected chi connectivity index (χ4v) is 3.06. The molecule has 1 fully saturated rings. The van der Waals surface area contributed by atoms with Gasteiger partial charge >= 0.3 is 6.18 Å². The molecule has 0 bridgehead atoms. The molecular formula is C17H15F4N5. The van der Waals surface area contributed by atoms with Gasteiger partial charge in [0, 0.05) is 32.4 Å². The zero-order valence-electron chi connectivity index (χ0n) is 13.6. The molecule has 136 valence electrons. The second-order valence-corrected chi connectivity index (χ2v) is 6.07. The number of imidazole rings is 1. The average molecular weight is 365 g/mol. The van der Waals surface area contributed by atoms with Crippen LogP contribution in [0.5, 0.6) is 0 Å². The highest BCUT2D eigenvalue weighted by atomic mass is 19.4. The molecule has 5 nitrogen and oxygen atoms in total. The molecule has 4 rings (SSSR count). The van der Waals surface area contributed by atoms with Crippen molar-refractivity contribution in [2.24, 2.45) is 0 Å². The summed E-state index contributed by atoms with van der Waals surface area (Å²) >= 11 is 0. The SMILES string of the molecule is Fc1cccnc1N1CCN(c2nc3ccc(C(F)(F)F)cc3[nH]2)CC1. The molecule has 3 aromatic rings. The number of halogens is 4. The molecule has 1 saturated heterocycles. The third kappa shape index (κ3) is 3.04. The first kappa shape index (κ1) is 16.6. The van der Waals surface area contributed by atoms with E-state index in [0.29, 0.717) is 49.0 Å². The Morgan fingerprint density at radius 2 is 1.73 bits per heavy atom. The highest BCUT2D eigenvalue weighted by Crippen LogP contribution is 2.31. The van der Waals surface area contributed by atoms with E-state index in [4.69, 9.17) is 0 Å². The van der Waals surface area contributed by atoms with Crippen LogP contribution in [-0.4, -0.2) is 41.1 Å². The van der Waals surface area contributed by atoms with Crippen LogP contribution in [0.1, 0.15) is 5.56 Å². The lowest BCUT2D eigenvalue weighted by atomic mass is 10.2. The van der Waals surface area contributed by atoms with Gasteiger partial charge in [-0.3, -0.25) is 0 Å². The summed E-state index contributed by atoms with van der Waals surface area (Å²) in [6.45, 7) is 2.20. The molecule has 0 unspecified atom stereocenters. The third-order valence-corrected chi connectivity index (χ3v) is 4.41. The summed E-state index contributed by atoms with van der Waals surface area (Å²) in [7, 11) is 0. The number of aromatic nitrogens is 3. The third-order valence-electron chi connectivity index (χ3n) is 4.41. The Kier molecular flexibility index (Phi) is 3.93. The molecule has 1 aromatic carbocycles. The van der Waals surface area contributed by atoms with Gasteiger partial charge in [-0.05, 0) is 30.3 Å². The monoisotopic (exact) mass is 365 g/mol. The van der Waals surface area contributed by atoms with Gasteiger partial charge in [0.2, 0.25) is 5.95 Å². The normalized spacial score (nSPS) is 15.7. The number of hydrogen-bond donors (Lipinski definition) is 1. The van der Waals surface area contributed by atoms with Gasteiger partial charge in [-0.1, -0.05) is 0 Å². The Hall–Kier alpha value is -2.84. The summed E-state index contributed by atoms with van der Waals surface area (Å²) in [4.78, 5) is 15.2. The number of anilines is 2. The van der Waals surface area contributed by atoms with Crippen molar-refractivity contribution in [1.29, 1.82) is 0 Å². The van der Waals surface area contributed by atoms with Crippen LogP contribution in [0.15, 0.2) is 36.5 Å². The maximum Gasteiger partial charge on any atom is 0.416 e. The summed E-state index contributed by atoms with van der Waals surface area (Å²) in [6, 6.07) is 6.35. The minimum absolute atomic E-state index is 0.312. The summed E-state index contributed by atoms with van der Waals surface area (Å²) < 4.78 is 52.3. The van der Waals surface area contributed by atoms with Crippen LogP contribution >= 0.6 is 0 Å². The van der Waals surface area contributed by atoms with Gasteiger partial charge in [0.15, 0.2) is 11.6 Å². The molecule has 1 N–H and O–H groups in total. The number of piperazine rings is 1. The van der Waals surface area contributed by atoms with E-state index in [1.165, 1.54) is 12.1 Å². The second kappa shape index (κ2) is 6.15. The van der Waals surface area contributed by atoms with E-state index < -0.39 is 11.7 Å². The number of H-pyrrole nitrogens is 1. The van der Waals surface area contributed by atoms with Crippen molar-refractivity contribution in [3.8, 4) is 0 Å². The van der Waals surface area contributed by atoms with Crippen molar-refractivity contribution in [2.45, 2.75) is 6.18 Å². The average Bonchev–Trinajstić information content (AvgIpc) is 3.05. The van der Waals surface area contributed by atoms with Crippen molar-refractivity contribution in [2.75, 3.05) is 36.0 Å². The Morgan fingerprint density at radius 3 is 2.42 bits per heavy atom. The quantitative estimate of drug-likeness (QED) is 0.707. The van der Waals surface area contributed by atoms with E-state index in [0.717, 1.165) is 12.1 Å². The Balaban J connectivity index is 1.52. The molecule has 2 aromatic heterocycles. The Labute approximate surface area is 146 Å². The standard InChI is InChI=1S/C17H15F4N5/c18-12-2-1-5-22-15(12)25-6-8-26(9-7-25)16-23-13-4-3-11(17(19,20)21)10-14(13)24-16/h1-5,10H,6-9H2,(H,23,24). The van der Waals surface area contributed by atoms with Gasteiger partial charge in [-0.25, -0.2) is 14.4 Å². The molecule has 0 aliphatic carbocycles. The van der Waals surface area contributed by atoms with Gasteiger partial charge in [0.05, 0.1) is 16.6 Å². The van der Waals surface area contributed by atoms with Crippen molar-refractivity contribution in [1.82, 2.24) is 15.0 Å². The number of fused-ring (bicyclic) bond motifs is 1. The van der Waals surface area contributed by atoms with E-state index in [9.17, 15) is 17.6 Å². The van der Waals surface area contributed by atoms with Gasteiger partial charge in [0.1, 0.15) is 0 Å². The Bertz CT molecular complexity index is 928. The first-order chi connectivity index (χ1) is 12.4. The van der Waals surface area contributed by atoms with E-state index in [1.807, 2.05) is 9.80 Å². The molecule has 3 heterocycles. The molecule has 9 heteroatoms. The molecule has 0 amide bonds. The minimum atomic E-state index is -4.39. The topological polar surface area (TPSA) is 48.1 Å². The van der Waals surface area contributed by atoms with Gasteiger partial charge < -0.3 is 14.8 Å². The number of benzene rings is 1. The van der Waals surface area contributed by atoms with Crippen LogP contribution < -0.4 is 9.80 Å². The number of nitrogens with zero attached hydrogens (tertiary/aromatic N) is 4. The highest BCUT2D eigenvalue weighted by molar-refractivity contribution is 5.78. The highest BCUT2D eigenvalue weighted by Gasteiger charge is 2.31. The summed E-state index contributed by atoms with van der Waals surface area (Å²) in [6.07, 6.45) is -2.85. The van der Waals surface area contributed by atoms with E-state index in [2.05, 4.69) is 15.0 Å².